The molecule has 0 aliphatic carbocycles. The number of methoxy groups -OCH3 is 1. The summed E-state index contributed by atoms with van der Waals surface area (Å²) in [5, 5.41) is 7.92. The molecule has 12 nitrogen and oxygen atoms in total. The number of benzene rings is 1. The van der Waals surface area contributed by atoms with Gasteiger partial charge < -0.3 is 14.4 Å². The number of nitrogens with zero attached hydrogens (tertiary/aromatic N) is 5. The molecule has 8 rings (SSSR count). The molecule has 58 heavy (non-hydrogen) atoms. The monoisotopic (exact) mass is 859 g/mol. The number of hydrogen-bond donors (Lipinski definition) is 2. The van der Waals surface area contributed by atoms with Crippen LogP contribution in [-0.2, 0) is 11.8 Å². The number of carbonyl (C=O) groups excluding carboxylic acids is 3. The average Bonchev–Trinajstić information content (AvgIpc) is 3.98. The molecule has 3 amide bonds. The van der Waals surface area contributed by atoms with Crippen molar-refractivity contribution in [3.05, 3.63) is 118 Å². The van der Waals surface area contributed by atoms with Crippen LogP contribution in [-0.4, -0.2) is 84.2 Å². The first-order chi connectivity index (χ1) is 28.1. The number of aryl methyl sites for hydroxylation is 3. The van der Waals surface area contributed by atoms with E-state index in [2.05, 4.69) is 57.1 Å². The third kappa shape index (κ3) is 8.31. The zero-order valence-electron chi connectivity index (χ0n) is 32.4. The Balaban J connectivity index is 0.848. The van der Waals surface area contributed by atoms with Crippen LogP contribution in [0.1, 0.15) is 56.8 Å². The molecule has 2 aliphatic heterocycles. The van der Waals surface area contributed by atoms with Crippen LogP contribution in [0.15, 0.2) is 94.6 Å². The first-order valence-electron chi connectivity index (χ1n) is 18.8. The second-order valence-electron chi connectivity index (χ2n) is 14.2. The maximum absolute atomic E-state index is 13.8. The van der Waals surface area contributed by atoms with Crippen molar-refractivity contribution in [1.29, 1.82) is 0 Å². The molecule has 0 spiro atoms. The summed E-state index contributed by atoms with van der Waals surface area (Å²) in [6.45, 7) is 4.73. The Hall–Kier alpha value is -6.08. The standard InChI is InChI=1S/C44H41N7O5SSe/c1-26-15-39(57-25-26)34-10-9-29(21-45-34)28-11-12-51-32(17-28)23-46-35-20-38(37(55-4)19-33(35)44(51)54)56-13-5-8-41(52)48-31-18-36(50(3)24-31)43(53)49-30-16-27(2)42(47-22-30)40-7-6-14-58-40/h6-7,9-11,14-16,18-25,32H,5,8,12-13,17H2,1-4H3,(H,48,52)(H,49,53)/t32-/m0/s1. The van der Waals surface area contributed by atoms with Crippen LogP contribution >= 0.6 is 11.3 Å². The number of aromatic nitrogens is 3. The van der Waals surface area contributed by atoms with Crippen LogP contribution in [0, 0.1) is 13.8 Å². The van der Waals surface area contributed by atoms with Crippen LogP contribution in [0.3, 0.4) is 0 Å². The Labute approximate surface area is 346 Å². The van der Waals surface area contributed by atoms with E-state index in [1.165, 1.54) is 17.1 Å². The predicted octanol–water partition coefficient (Wildman–Crippen LogP) is 7.96. The van der Waals surface area contributed by atoms with E-state index in [0.29, 0.717) is 59.2 Å². The maximum atomic E-state index is 13.8. The summed E-state index contributed by atoms with van der Waals surface area (Å²) in [6, 6.07) is 17.1. The fourth-order valence-corrected chi connectivity index (χ4v) is 9.61. The molecule has 294 valence electrons. The summed E-state index contributed by atoms with van der Waals surface area (Å²) in [4.78, 5) is 59.0. The number of pyridine rings is 2. The molecule has 0 saturated heterocycles. The van der Waals surface area contributed by atoms with Crippen LogP contribution in [0.5, 0.6) is 11.5 Å². The first-order valence-corrected chi connectivity index (χ1v) is 21.5. The van der Waals surface area contributed by atoms with E-state index in [9.17, 15) is 14.4 Å². The molecule has 2 N–H and O–H groups in total. The van der Waals surface area contributed by atoms with E-state index in [-0.39, 0.29) is 51.3 Å². The van der Waals surface area contributed by atoms with Crippen molar-refractivity contribution in [3.63, 3.8) is 0 Å². The summed E-state index contributed by atoms with van der Waals surface area (Å²) >= 11 is 1.95. The first kappa shape index (κ1) is 38.8. The molecule has 14 heteroatoms. The van der Waals surface area contributed by atoms with Crippen LogP contribution in [0.25, 0.3) is 26.3 Å². The number of rotatable bonds is 12. The van der Waals surface area contributed by atoms with E-state index in [0.717, 1.165) is 33.0 Å². The molecule has 5 aromatic heterocycles. The van der Waals surface area contributed by atoms with Gasteiger partial charge in [0.15, 0.2) is 11.5 Å². The van der Waals surface area contributed by atoms with Gasteiger partial charge in [0.25, 0.3) is 5.91 Å². The number of nitrogens with one attached hydrogen (secondary N) is 2. The zero-order valence-corrected chi connectivity index (χ0v) is 35.0. The minimum Gasteiger partial charge on any atom is -0.327 e. The van der Waals surface area contributed by atoms with E-state index >= 15 is 0 Å². The van der Waals surface area contributed by atoms with Gasteiger partial charge >= 0.3 is 140 Å². The van der Waals surface area contributed by atoms with Gasteiger partial charge in [-0.1, -0.05) is 12.1 Å². The summed E-state index contributed by atoms with van der Waals surface area (Å²) in [5.41, 5.74) is 8.70. The van der Waals surface area contributed by atoms with Crippen molar-refractivity contribution in [1.82, 2.24) is 19.4 Å². The van der Waals surface area contributed by atoms with Gasteiger partial charge in [0.1, 0.15) is 0 Å². The molecular formula is C44H41N7O5SSe. The number of fused-ring (bicyclic) bond motifs is 2. The summed E-state index contributed by atoms with van der Waals surface area (Å²) in [5.74, 6) is 0.190. The summed E-state index contributed by atoms with van der Waals surface area (Å²) in [7, 11) is 3.28. The molecule has 0 unspecified atom stereocenters. The number of anilines is 2. The van der Waals surface area contributed by atoms with Gasteiger partial charge in [-0.05, 0) is 60.0 Å². The van der Waals surface area contributed by atoms with E-state index in [1.807, 2.05) is 42.4 Å². The van der Waals surface area contributed by atoms with Crippen LogP contribution < -0.4 is 20.1 Å². The van der Waals surface area contributed by atoms with E-state index in [1.54, 1.807) is 53.5 Å². The van der Waals surface area contributed by atoms with Gasteiger partial charge in [0.2, 0.25) is 0 Å². The fraction of sp³-hybridized carbons (Fsp3) is 0.227. The number of carbonyl (C=O) groups is 3. The third-order valence-corrected chi connectivity index (χ3v) is 13.0. The molecular weight excluding hydrogens is 818 g/mol. The SMILES string of the molecule is COc1cc2c(cc1OCCCC(=O)Nc1cc(C(=O)Nc3cnc(-c4ccc[se]4)c(C)c3)n(C)c1)N=C[C@@H]1CC(c3ccc(-c4cc(C)cs4)nc3)=CCN1C2=O. The van der Waals surface area contributed by atoms with Crippen molar-refractivity contribution >= 4 is 72.4 Å². The number of aliphatic imine (C=N–C) groups is 1. The molecule has 0 saturated carbocycles. The molecule has 2 aliphatic rings. The zero-order chi connectivity index (χ0) is 40.3. The second kappa shape index (κ2) is 16.8. The van der Waals surface area contributed by atoms with E-state index in [4.69, 9.17) is 19.5 Å². The minimum absolute atomic E-state index is 0.130. The Morgan fingerprint density at radius 2 is 1.90 bits per heavy atom. The molecule has 1 aromatic carbocycles. The normalized spacial score (nSPS) is 14.6. The van der Waals surface area contributed by atoms with Crippen molar-refractivity contribution < 1.29 is 23.9 Å². The maximum Gasteiger partial charge on any atom is 0.257 e. The number of amides is 3. The average molecular weight is 859 g/mol. The Morgan fingerprint density at radius 3 is 2.64 bits per heavy atom. The van der Waals surface area contributed by atoms with Crippen LogP contribution in [0.2, 0.25) is 0 Å². The van der Waals surface area contributed by atoms with E-state index < -0.39 is 0 Å². The molecule has 0 radical (unpaired) electrons. The third-order valence-electron chi connectivity index (χ3n) is 10.1. The van der Waals surface area contributed by atoms with Crippen LogP contribution in [0.4, 0.5) is 17.1 Å². The Morgan fingerprint density at radius 1 is 1.02 bits per heavy atom. The smallest absolute Gasteiger partial charge is 0.257 e. The van der Waals surface area contributed by atoms with Gasteiger partial charge in [0.05, 0.1) is 41.6 Å². The molecule has 7 heterocycles. The van der Waals surface area contributed by atoms with Gasteiger partial charge in [-0.2, -0.15) is 0 Å². The van der Waals surface area contributed by atoms with Crippen molar-refractivity contribution in [2.75, 3.05) is 30.9 Å². The number of hydrogen-bond acceptors (Lipinski definition) is 9. The number of ether oxygens (including phenoxy) is 2. The fourth-order valence-electron chi connectivity index (χ4n) is 7.09. The predicted molar refractivity (Wildman–Crippen MR) is 229 cm³/mol. The number of thiophene rings is 1. The molecule has 0 fully saturated rings. The largest absolute Gasteiger partial charge is 0.327 e. The van der Waals surface area contributed by atoms with Crippen molar-refractivity contribution in [2.24, 2.45) is 12.0 Å². The Kier molecular flexibility index (Phi) is 11.2. The van der Waals surface area contributed by atoms with Gasteiger partial charge in [-0.25, -0.2) is 0 Å². The topological polar surface area (TPSA) is 140 Å². The Bertz CT molecular complexity index is 2570. The second-order valence-corrected chi connectivity index (χ2v) is 17.1. The van der Waals surface area contributed by atoms with Crippen molar-refractivity contribution in [3.8, 4) is 32.2 Å². The molecule has 0 bridgehead atoms. The molecule has 1 atom stereocenters. The summed E-state index contributed by atoms with van der Waals surface area (Å²) < 4.78 is 14.6. The van der Waals surface area contributed by atoms with Gasteiger partial charge in [-0.3, -0.25) is 19.6 Å². The van der Waals surface area contributed by atoms with Gasteiger partial charge in [0, 0.05) is 31.4 Å². The molecule has 6 aromatic rings. The van der Waals surface area contributed by atoms with Gasteiger partial charge in [-0.15, -0.1) is 11.3 Å². The summed E-state index contributed by atoms with van der Waals surface area (Å²) in [6.07, 6.45) is 10.4. The van der Waals surface area contributed by atoms with Crippen molar-refractivity contribution in [2.45, 2.75) is 39.2 Å². The minimum atomic E-state index is -0.308. The quantitative estimate of drug-likeness (QED) is 0.0941.